The second-order valence-electron chi connectivity index (χ2n) is 16.8. The van der Waals surface area contributed by atoms with Crippen LogP contribution in [0.2, 0.25) is 0 Å². The van der Waals surface area contributed by atoms with Gasteiger partial charge in [-0.15, -0.1) is 0 Å². The topological polar surface area (TPSA) is 78.9 Å². The Hall–Kier alpha value is -4.45. The van der Waals surface area contributed by atoms with E-state index < -0.39 is 12.1 Å². The zero-order chi connectivity index (χ0) is 47.9. The summed E-state index contributed by atoms with van der Waals surface area (Å²) in [5, 5.41) is 0. The molecular formula is C60H94O6. The van der Waals surface area contributed by atoms with E-state index in [-0.39, 0.29) is 38.0 Å². The summed E-state index contributed by atoms with van der Waals surface area (Å²) in [7, 11) is 0. The Balaban J connectivity index is 4.57. The molecule has 0 spiro atoms. The van der Waals surface area contributed by atoms with E-state index in [9.17, 15) is 14.4 Å². The van der Waals surface area contributed by atoms with Gasteiger partial charge >= 0.3 is 17.9 Å². The van der Waals surface area contributed by atoms with Gasteiger partial charge in [-0.05, 0) is 89.9 Å². The van der Waals surface area contributed by atoms with Crippen molar-refractivity contribution in [2.45, 2.75) is 213 Å². The molecule has 6 nitrogen and oxygen atoms in total. The van der Waals surface area contributed by atoms with E-state index in [1.807, 2.05) is 66.8 Å². The lowest BCUT2D eigenvalue weighted by Gasteiger charge is -2.18. The molecule has 0 saturated carbocycles. The highest BCUT2D eigenvalue weighted by Crippen LogP contribution is 2.13. The van der Waals surface area contributed by atoms with E-state index in [0.29, 0.717) is 19.3 Å². The molecule has 0 aliphatic carbocycles. The van der Waals surface area contributed by atoms with Crippen molar-refractivity contribution in [3.8, 4) is 0 Å². The monoisotopic (exact) mass is 911 g/mol. The molecule has 66 heavy (non-hydrogen) atoms. The van der Waals surface area contributed by atoms with Crippen molar-refractivity contribution in [3.05, 3.63) is 134 Å². The number of allylic oxidation sites excluding steroid dienone is 22. The normalized spacial score (nSPS) is 13.2. The lowest BCUT2D eigenvalue weighted by atomic mass is 10.1. The average molecular weight is 911 g/mol. The molecule has 0 heterocycles. The number of carbonyl (C=O) groups excluding carboxylic acids is 3. The van der Waals surface area contributed by atoms with E-state index in [4.69, 9.17) is 14.2 Å². The van der Waals surface area contributed by atoms with Gasteiger partial charge in [0.2, 0.25) is 0 Å². The van der Waals surface area contributed by atoms with Crippen molar-refractivity contribution in [3.63, 3.8) is 0 Å². The Kier molecular flexibility index (Phi) is 49.6. The Labute approximate surface area is 405 Å². The summed E-state index contributed by atoms with van der Waals surface area (Å²) in [5.74, 6) is -1.11. The average Bonchev–Trinajstić information content (AvgIpc) is 3.31. The molecule has 1 atom stereocenters. The molecule has 6 heteroatoms. The van der Waals surface area contributed by atoms with Crippen LogP contribution in [0.3, 0.4) is 0 Å². The smallest absolute Gasteiger partial charge is 0.306 e. The van der Waals surface area contributed by atoms with Gasteiger partial charge in [-0.25, -0.2) is 0 Å². The van der Waals surface area contributed by atoms with Crippen molar-refractivity contribution >= 4 is 17.9 Å². The zero-order valence-corrected chi connectivity index (χ0v) is 42.1. The highest BCUT2D eigenvalue weighted by Gasteiger charge is 2.19. The third-order valence-electron chi connectivity index (χ3n) is 10.5. The van der Waals surface area contributed by atoms with E-state index in [0.717, 1.165) is 64.2 Å². The fourth-order valence-electron chi connectivity index (χ4n) is 6.63. The molecule has 0 aliphatic rings. The van der Waals surface area contributed by atoms with Gasteiger partial charge in [0, 0.05) is 19.3 Å². The van der Waals surface area contributed by atoms with E-state index in [1.165, 1.54) is 89.9 Å². The minimum absolute atomic E-state index is 0.137. The van der Waals surface area contributed by atoms with Gasteiger partial charge in [0.1, 0.15) is 13.2 Å². The molecule has 0 aliphatic heterocycles. The molecule has 0 N–H and O–H groups in total. The maximum atomic E-state index is 12.8. The van der Waals surface area contributed by atoms with Gasteiger partial charge in [0.05, 0.1) is 0 Å². The largest absolute Gasteiger partial charge is 0.462 e. The summed E-state index contributed by atoms with van der Waals surface area (Å²) in [5.41, 5.74) is 0. The predicted octanol–water partition coefficient (Wildman–Crippen LogP) is 17.5. The number of hydrogen-bond donors (Lipinski definition) is 0. The fraction of sp³-hybridized carbons (Fsp3) is 0.583. The number of ether oxygens (including phenoxy) is 3. The molecule has 0 amide bonds. The van der Waals surface area contributed by atoms with Crippen molar-refractivity contribution in [1.29, 1.82) is 0 Å². The van der Waals surface area contributed by atoms with Gasteiger partial charge in [-0.3, -0.25) is 14.4 Å². The Morgan fingerprint density at radius 3 is 1.21 bits per heavy atom. The summed E-state index contributed by atoms with van der Waals surface area (Å²) in [6.45, 7) is 6.23. The molecule has 0 saturated heterocycles. The van der Waals surface area contributed by atoms with Crippen LogP contribution in [0.25, 0.3) is 0 Å². The standard InChI is InChI=1S/C60H94O6/c1-4-7-10-13-16-19-22-25-27-29-30-31-33-35-38-41-44-47-50-53-59(62)65-56-57(55-64-58(61)52-49-46-43-40-37-34-24-21-18-15-12-9-6-3)66-60(63)54-51-48-45-42-39-36-32-28-26-23-20-17-14-11-8-5-2/h8-9,11-12,15,17-18,20-21,24,26,28-30,34,36-37,39-40,43,45,48,57H,4-7,10,13-14,16,19,22-23,25,27,31-33,35,38,41-42,44,46-47,49-56H2,1-3H3/b11-8+,12-9+,18-15+,20-17+,24-21+,28-26+,30-29+,37-34+,39-36+,43-40+,48-45+. The van der Waals surface area contributed by atoms with E-state index in [2.05, 4.69) is 87.6 Å². The highest BCUT2D eigenvalue weighted by molar-refractivity contribution is 5.71. The molecule has 370 valence electrons. The van der Waals surface area contributed by atoms with Crippen molar-refractivity contribution in [2.24, 2.45) is 0 Å². The molecule has 0 aromatic heterocycles. The Morgan fingerprint density at radius 2 is 0.712 bits per heavy atom. The molecule has 0 aromatic rings. The molecule has 1 unspecified atom stereocenters. The third-order valence-corrected chi connectivity index (χ3v) is 10.5. The fourth-order valence-corrected chi connectivity index (χ4v) is 6.63. The maximum Gasteiger partial charge on any atom is 0.306 e. The van der Waals surface area contributed by atoms with Crippen LogP contribution in [0, 0.1) is 0 Å². The van der Waals surface area contributed by atoms with Crippen LogP contribution in [-0.2, 0) is 28.6 Å². The third kappa shape index (κ3) is 50.5. The minimum atomic E-state index is -0.852. The number of unbranched alkanes of at least 4 members (excludes halogenated alkanes) is 16. The Bertz CT molecular complexity index is 1460. The van der Waals surface area contributed by atoms with Gasteiger partial charge in [-0.1, -0.05) is 231 Å². The van der Waals surface area contributed by atoms with Crippen LogP contribution in [0.15, 0.2) is 134 Å². The van der Waals surface area contributed by atoms with Crippen molar-refractivity contribution in [2.75, 3.05) is 13.2 Å². The van der Waals surface area contributed by atoms with Gasteiger partial charge in [-0.2, -0.15) is 0 Å². The molecule has 0 radical (unpaired) electrons. The summed E-state index contributed by atoms with van der Waals surface area (Å²) >= 11 is 0. The number of hydrogen-bond acceptors (Lipinski definition) is 6. The second kappa shape index (κ2) is 53.2. The highest BCUT2D eigenvalue weighted by atomic mass is 16.6. The van der Waals surface area contributed by atoms with E-state index >= 15 is 0 Å². The molecule has 0 rings (SSSR count). The SMILES string of the molecule is CC/C=C/C=C/C=C/C=C/C=C/CCCC(=O)OCC(COC(=O)CCCCCCCCC/C=C/CCCCCCCCCC)OC(=O)CC/C=C/C/C=C/C/C=C/C/C=C/C/C=C/CC. The van der Waals surface area contributed by atoms with Crippen LogP contribution in [0.4, 0.5) is 0 Å². The lowest BCUT2D eigenvalue weighted by Crippen LogP contribution is -2.30. The van der Waals surface area contributed by atoms with Crippen LogP contribution >= 0.6 is 0 Å². The van der Waals surface area contributed by atoms with E-state index in [1.54, 1.807) is 0 Å². The number of carbonyl (C=O) groups is 3. The molecule has 0 aromatic carbocycles. The van der Waals surface area contributed by atoms with Crippen LogP contribution in [0.5, 0.6) is 0 Å². The van der Waals surface area contributed by atoms with Crippen LogP contribution < -0.4 is 0 Å². The first-order valence-electron chi connectivity index (χ1n) is 26.3. The lowest BCUT2D eigenvalue weighted by molar-refractivity contribution is -0.166. The van der Waals surface area contributed by atoms with Gasteiger partial charge < -0.3 is 14.2 Å². The first-order valence-corrected chi connectivity index (χ1v) is 26.3. The zero-order valence-electron chi connectivity index (χ0n) is 42.1. The molecule has 0 fully saturated rings. The summed E-state index contributed by atoms with van der Waals surface area (Å²) in [6.07, 6.45) is 74.6. The molecular weight excluding hydrogens is 817 g/mol. The predicted molar refractivity (Wildman–Crippen MR) is 283 cm³/mol. The van der Waals surface area contributed by atoms with Crippen molar-refractivity contribution in [1.82, 2.24) is 0 Å². The summed E-state index contributed by atoms with van der Waals surface area (Å²) in [4.78, 5) is 37.9. The quantitative estimate of drug-likeness (QED) is 0.0199. The van der Waals surface area contributed by atoms with Crippen molar-refractivity contribution < 1.29 is 28.6 Å². The van der Waals surface area contributed by atoms with Gasteiger partial charge in [0.15, 0.2) is 6.10 Å². The number of rotatable bonds is 45. The Morgan fingerprint density at radius 1 is 0.333 bits per heavy atom. The number of esters is 3. The minimum Gasteiger partial charge on any atom is -0.462 e. The summed E-state index contributed by atoms with van der Waals surface area (Å²) < 4.78 is 16.6. The first-order chi connectivity index (χ1) is 32.5. The van der Waals surface area contributed by atoms with Crippen LogP contribution in [0.1, 0.15) is 207 Å². The summed E-state index contributed by atoms with van der Waals surface area (Å²) in [6, 6.07) is 0. The van der Waals surface area contributed by atoms with Gasteiger partial charge in [0.25, 0.3) is 0 Å². The van der Waals surface area contributed by atoms with Crippen LogP contribution in [-0.4, -0.2) is 37.2 Å². The second-order valence-corrected chi connectivity index (χ2v) is 16.8. The molecule has 0 bridgehead atoms. The first kappa shape index (κ1) is 61.5. The maximum absolute atomic E-state index is 12.8.